The van der Waals surface area contributed by atoms with Gasteiger partial charge in [0.05, 0.1) is 0 Å². The molecule has 4 nitrogen and oxygen atoms in total. The van der Waals surface area contributed by atoms with E-state index in [1.54, 1.807) is 30.3 Å². The van der Waals surface area contributed by atoms with Crippen molar-refractivity contribution in [2.45, 2.75) is 12.7 Å². The lowest BCUT2D eigenvalue weighted by molar-refractivity contribution is -0.145. The molecule has 4 rings (SSSR count). The van der Waals surface area contributed by atoms with Crippen molar-refractivity contribution >= 4 is 16.7 Å². The molecule has 1 atom stereocenters. The molecule has 29 heavy (non-hydrogen) atoms. The minimum Gasteiger partial charge on any atom is -0.489 e. The summed E-state index contributed by atoms with van der Waals surface area (Å²) in [6.07, 6.45) is -1.05. The maximum atomic E-state index is 11.7. The van der Waals surface area contributed by atoms with Gasteiger partial charge in [-0.15, -0.1) is 0 Å². The van der Waals surface area contributed by atoms with Crippen LogP contribution in [0.1, 0.15) is 17.2 Å². The monoisotopic (exact) mass is 384 g/mol. The van der Waals surface area contributed by atoms with E-state index < -0.39 is 12.1 Å². The van der Waals surface area contributed by atoms with Crippen LogP contribution < -0.4 is 9.47 Å². The molecule has 0 radical (unpaired) electrons. The topological polar surface area (TPSA) is 55.8 Å². The number of hydrogen-bond donors (Lipinski definition) is 1. The molecule has 144 valence electrons. The van der Waals surface area contributed by atoms with Crippen LogP contribution in [0.25, 0.3) is 10.8 Å². The summed E-state index contributed by atoms with van der Waals surface area (Å²) >= 11 is 0. The number of benzene rings is 4. The van der Waals surface area contributed by atoms with Crippen molar-refractivity contribution in [2.75, 3.05) is 0 Å². The number of ether oxygens (including phenoxy) is 2. The zero-order valence-electron chi connectivity index (χ0n) is 15.7. The number of carbonyl (C=O) groups is 1. The molecule has 0 fully saturated rings. The number of rotatable bonds is 7. The Morgan fingerprint density at radius 2 is 1.34 bits per heavy atom. The Morgan fingerprint density at radius 3 is 2.00 bits per heavy atom. The van der Waals surface area contributed by atoms with Crippen molar-refractivity contribution in [3.05, 3.63) is 108 Å². The van der Waals surface area contributed by atoms with Crippen LogP contribution in [0.5, 0.6) is 11.5 Å². The third kappa shape index (κ3) is 4.55. The van der Waals surface area contributed by atoms with Crippen LogP contribution in [0.15, 0.2) is 97.1 Å². The zero-order chi connectivity index (χ0) is 20.1. The van der Waals surface area contributed by atoms with Gasteiger partial charge in [0, 0.05) is 5.56 Å². The lowest BCUT2D eigenvalue weighted by atomic mass is 10.1. The lowest BCUT2D eigenvalue weighted by Gasteiger charge is -2.16. The molecule has 0 spiro atoms. The van der Waals surface area contributed by atoms with E-state index in [2.05, 4.69) is 0 Å². The quantitative estimate of drug-likeness (QED) is 0.449. The summed E-state index contributed by atoms with van der Waals surface area (Å²) in [4.78, 5) is 11.7. The second kappa shape index (κ2) is 8.48. The van der Waals surface area contributed by atoms with Gasteiger partial charge in [0.1, 0.15) is 18.1 Å². The number of aliphatic carboxylic acids is 1. The molecule has 4 aromatic rings. The normalized spacial score (nSPS) is 11.7. The van der Waals surface area contributed by atoms with Gasteiger partial charge >= 0.3 is 5.97 Å². The molecule has 0 aliphatic heterocycles. The first kappa shape index (κ1) is 18.6. The molecular weight excluding hydrogens is 364 g/mol. The summed E-state index contributed by atoms with van der Waals surface area (Å²) in [7, 11) is 0. The van der Waals surface area contributed by atoms with Crippen molar-refractivity contribution in [2.24, 2.45) is 0 Å². The van der Waals surface area contributed by atoms with Gasteiger partial charge in [-0.3, -0.25) is 0 Å². The van der Waals surface area contributed by atoms with Crippen molar-refractivity contribution in [3.8, 4) is 11.5 Å². The third-order valence-corrected chi connectivity index (χ3v) is 4.61. The van der Waals surface area contributed by atoms with Gasteiger partial charge in [-0.2, -0.15) is 0 Å². The van der Waals surface area contributed by atoms with Gasteiger partial charge in [-0.1, -0.05) is 72.8 Å². The second-order valence-corrected chi connectivity index (χ2v) is 6.69. The first-order valence-electron chi connectivity index (χ1n) is 9.34. The van der Waals surface area contributed by atoms with E-state index in [0.29, 0.717) is 17.9 Å². The Labute approximate surface area is 169 Å². The van der Waals surface area contributed by atoms with Gasteiger partial charge in [-0.05, 0) is 40.6 Å². The third-order valence-electron chi connectivity index (χ3n) is 4.61. The molecule has 1 unspecified atom stereocenters. The Balaban J connectivity index is 1.51. The highest BCUT2D eigenvalue weighted by Gasteiger charge is 2.21. The summed E-state index contributed by atoms with van der Waals surface area (Å²) in [6, 6.07) is 30.3. The second-order valence-electron chi connectivity index (χ2n) is 6.69. The molecule has 0 heterocycles. The standard InChI is InChI=1S/C25H20O4/c26-25(27)24(19-9-5-2-6-10-19)29-23-14-12-20-15-22(13-11-21(20)16-23)28-17-18-7-3-1-4-8-18/h1-16,24H,17H2,(H,26,27). The fraction of sp³-hybridized carbons (Fsp3) is 0.0800. The summed E-state index contributed by atoms with van der Waals surface area (Å²) in [5.74, 6) is 0.260. The van der Waals surface area contributed by atoms with Gasteiger partial charge in [0.15, 0.2) is 0 Å². The fourth-order valence-corrected chi connectivity index (χ4v) is 3.13. The average Bonchev–Trinajstić information content (AvgIpc) is 2.77. The van der Waals surface area contributed by atoms with Gasteiger partial charge in [-0.25, -0.2) is 4.79 Å². The Kier molecular flexibility index (Phi) is 5.43. The van der Waals surface area contributed by atoms with Crippen LogP contribution in [0.2, 0.25) is 0 Å². The molecule has 0 aliphatic rings. The fourth-order valence-electron chi connectivity index (χ4n) is 3.13. The van der Waals surface area contributed by atoms with Crippen LogP contribution in [-0.2, 0) is 11.4 Å². The number of fused-ring (bicyclic) bond motifs is 1. The summed E-state index contributed by atoms with van der Waals surface area (Å²) < 4.78 is 11.7. The highest BCUT2D eigenvalue weighted by Crippen LogP contribution is 2.28. The molecule has 1 N–H and O–H groups in total. The van der Waals surface area contributed by atoms with E-state index in [9.17, 15) is 9.90 Å². The zero-order valence-corrected chi connectivity index (χ0v) is 15.7. The Bertz CT molecular complexity index is 1110. The molecule has 4 heteroatoms. The first-order valence-corrected chi connectivity index (χ1v) is 9.34. The average molecular weight is 384 g/mol. The molecule has 4 aromatic carbocycles. The highest BCUT2D eigenvalue weighted by molar-refractivity contribution is 5.85. The van der Waals surface area contributed by atoms with E-state index >= 15 is 0 Å². The smallest absolute Gasteiger partial charge is 0.349 e. The molecule has 0 aromatic heterocycles. The van der Waals surface area contributed by atoms with E-state index in [1.165, 1.54) is 0 Å². The number of carboxylic acids is 1. The SMILES string of the molecule is O=C(O)C(Oc1ccc2cc(OCc3ccccc3)ccc2c1)c1ccccc1. The number of hydrogen-bond acceptors (Lipinski definition) is 3. The van der Waals surface area contributed by atoms with Gasteiger partial charge < -0.3 is 14.6 Å². The van der Waals surface area contributed by atoms with Crippen LogP contribution in [0.4, 0.5) is 0 Å². The molecule has 0 amide bonds. The summed E-state index contributed by atoms with van der Waals surface area (Å²) in [6.45, 7) is 0.505. The molecule has 0 aliphatic carbocycles. The van der Waals surface area contributed by atoms with Gasteiger partial charge in [0.2, 0.25) is 6.10 Å². The predicted molar refractivity (Wildman–Crippen MR) is 112 cm³/mol. The Morgan fingerprint density at radius 1 is 0.759 bits per heavy atom. The van der Waals surface area contributed by atoms with Gasteiger partial charge in [0.25, 0.3) is 0 Å². The van der Waals surface area contributed by atoms with Crippen molar-refractivity contribution < 1.29 is 19.4 Å². The van der Waals surface area contributed by atoms with Crippen molar-refractivity contribution in [1.82, 2.24) is 0 Å². The molecule has 0 bridgehead atoms. The van der Waals surface area contributed by atoms with E-state index in [4.69, 9.17) is 9.47 Å². The maximum Gasteiger partial charge on any atom is 0.349 e. The molecule has 0 saturated carbocycles. The minimum atomic E-state index is -1.05. The van der Waals surface area contributed by atoms with Crippen LogP contribution in [-0.4, -0.2) is 11.1 Å². The van der Waals surface area contributed by atoms with Crippen LogP contribution in [0.3, 0.4) is 0 Å². The van der Waals surface area contributed by atoms with Crippen molar-refractivity contribution in [3.63, 3.8) is 0 Å². The van der Waals surface area contributed by atoms with Crippen LogP contribution >= 0.6 is 0 Å². The van der Waals surface area contributed by atoms with Crippen LogP contribution in [0, 0.1) is 0 Å². The minimum absolute atomic E-state index is 0.505. The Hall–Kier alpha value is -3.79. The van der Waals surface area contributed by atoms with E-state index in [1.807, 2.05) is 66.7 Å². The molecular formula is C25H20O4. The lowest BCUT2D eigenvalue weighted by Crippen LogP contribution is -2.18. The maximum absolute atomic E-state index is 11.7. The summed E-state index contributed by atoms with van der Waals surface area (Å²) in [5, 5.41) is 11.5. The highest BCUT2D eigenvalue weighted by atomic mass is 16.5. The predicted octanol–water partition coefficient (Wildman–Crippen LogP) is 5.62. The van der Waals surface area contributed by atoms with E-state index in [-0.39, 0.29) is 0 Å². The summed E-state index contributed by atoms with van der Waals surface area (Å²) in [5.41, 5.74) is 1.71. The number of carboxylic acid groups (broad SMARTS) is 1. The van der Waals surface area contributed by atoms with Crippen molar-refractivity contribution in [1.29, 1.82) is 0 Å². The molecule has 0 saturated heterocycles. The first-order chi connectivity index (χ1) is 14.2. The van der Waals surface area contributed by atoms with E-state index in [0.717, 1.165) is 22.1 Å². The largest absolute Gasteiger partial charge is 0.489 e.